The first-order valence-electron chi connectivity index (χ1n) is 4.70. The van der Waals surface area contributed by atoms with Gasteiger partial charge in [-0.1, -0.05) is 18.2 Å². The maximum absolute atomic E-state index is 6.06. The molecule has 2 N–H and O–H groups in total. The first kappa shape index (κ1) is 10.2. The second-order valence-electron chi connectivity index (χ2n) is 3.14. The largest absolute Gasteiger partial charge is 0.288 e. The van der Waals surface area contributed by atoms with Gasteiger partial charge in [0, 0.05) is 0 Å². The maximum atomic E-state index is 6.06. The van der Waals surface area contributed by atoms with E-state index in [1.54, 1.807) is 0 Å². The van der Waals surface area contributed by atoms with Gasteiger partial charge in [0.25, 0.3) is 0 Å². The number of rotatable bonds is 2. The van der Waals surface area contributed by atoms with E-state index in [2.05, 4.69) is 12.1 Å². The van der Waals surface area contributed by atoms with Crippen LogP contribution in [-0.2, 0) is 0 Å². The zero-order chi connectivity index (χ0) is 9.80. The summed E-state index contributed by atoms with van der Waals surface area (Å²) in [5.74, 6) is 8.50. The van der Waals surface area contributed by atoms with Gasteiger partial charge in [0.05, 0.1) is 5.69 Å². The van der Waals surface area contributed by atoms with Gasteiger partial charge in [0.1, 0.15) is 4.71 Å². The summed E-state index contributed by atoms with van der Waals surface area (Å²) >= 11 is 3.86. The minimum Gasteiger partial charge on any atom is -0.288 e. The number of para-hydroxylation sites is 1. The van der Waals surface area contributed by atoms with Gasteiger partial charge >= 0.3 is 0 Å². The molecule has 0 amide bonds. The monoisotopic (exact) mass is 226 g/mol. The molecule has 2 rings (SSSR count). The molecule has 1 aromatic rings. The molecule has 1 aliphatic rings. The summed E-state index contributed by atoms with van der Waals surface area (Å²) in [5.41, 5.74) is 1.10. The van der Waals surface area contributed by atoms with Crippen molar-refractivity contribution in [1.29, 1.82) is 0 Å². The number of hydrogen-bond donors (Lipinski definition) is 1. The third kappa shape index (κ3) is 2.38. The summed E-state index contributed by atoms with van der Waals surface area (Å²) in [6.45, 7) is 0. The van der Waals surface area contributed by atoms with Crippen molar-refractivity contribution in [3.05, 3.63) is 30.3 Å². The summed E-state index contributed by atoms with van der Waals surface area (Å²) in [4.78, 5) is 0. The van der Waals surface area contributed by atoms with Gasteiger partial charge in [-0.05, 0) is 30.1 Å². The normalized spacial score (nSPS) is 18.1. The van der Waals surface area contributed by atoms with E-state index in [4.69, 9.17) is 5.84 Å². The van der Waals surface area contributed by atoms with E-state index in [0.29, 0.717) is 4.71 Å². The van der Waals surface area contributed by atoms with Gasteiger partial charge in [-0.3, -0.25) is 5.01 Å². The summed E-state index contributed by atoms with van der Waals surface area (Å²) in [6, 6.07) is 10.2. The Hall–Kier alpha value is -0.320. The molecular formula is C10H14N2S2. The molecular weight excluding hydrogens is 212 g/mol. The fraction of sp³-hybridized carbons (Fsp3) is 0.400. The molecule has 14 heavy (non-hydrogen) atoms. The maximum Gasteiger partial charge on any atom is 0.136 e. The van der Waals surface area contributed by atoms with E-state index >= 15 is 0 Å². The van der Waals surface area contributed by atoms with Crippen molar-refractivity contribution in [2.24, 2.45) is 5.84 Å². The molecule has 0 spiro atoms. The van der Waals surface area contributed by atoms with Crippen LogP contribution >= 0.6 is 23.5 Å². The second kappa shape index (κ2) is 4.96. The van der Waals surface area contributed by atoms with Gasteiger partial charge in [-0.25, -0.2) is 5.84 Å². The molecule has 0 unspecified atom stereocenters. The molecule has 1 fully saturated rings. The quantitative estimate of drug-likeness (QED) is 0.620. The average Bonchev–Trinajstić information content (AvgIpc) is 2.30. The molecule has 1 aliphatic heterocycles. The third-order valence-electron chi connectivity index (χ3n) is 2.09. The van der Waals surface area contributed by atoms with Crippen LogP contribution in [0.4, 0.5) is 5.69 Å². The van der Waals surface area contributed by atoms with E-state index in [9.17, 15) is 0 Å². The lowest BCUT2D eigenvalue weighted by atomic mass is 10.3. The Morgan fingerprint density at radius 1 is 1.14 bits per heavy atom. The highest BCUT2D eigenvalue weighted by Gasteiger charge is 2.19. The average molecular weight is 226 g/mol. The van der Waals surface area contributed by atoms with Gasteiger partial charge in [-0.2, -0.15) is 0 Å². The Morgan fingerprint density at radius 2 is 1.79 bits per heavy atom. The molecule has 1 aromatic carbocycles. The lowest BCUT2D eigenvalue weighted by Crippen LogP contribution is -2.38. The molecule has 1 heterocycles. The van der Waals surface area contributed by atoms with Crippen molar-refractivity contribution in [2.75, 3.05) is 16.5 Å². The van der Waals surface area contributed by atoms with Crippen LogP contribution in [-0.4, -0.2) is 16.2 Å². The van der Waals surface area contributed by atoms with E-state index in [1.165, 1.54) is 17.9 Å². The Labute approximate surface area is 93.2 Å². The van der Waals surface area contributed by atoms with Crippen LogP contribution < -0.4 is 10.9 Å². The van der Waals surface area contributed by atoms with E-state index in [0.717, 1.165) is 5.69 Å². The van der Waals surface area contributed by atoms with Crippen LogP contribution in [0.1, 0.15) is 6.42 Å². The first-order chi connectivity index (χ1) is 6.88. The second-order valence-corrected chi connectivity index (χ2v) is 5.82. The molecule has 0 atom stereocenters. The van der Waals surface area contributed by atoms with Gasteiger partial charge < -0.3 is 0 Å². The topological polar surface area (TPSA) is 29.3 Å². The van der Waals surface area contributed by atoms with Crippen LogP contribution in [0.25, 0.3) is 0 Å². The van der Waals surface area contributed by atoms with Crippen molar-refractivity contribution >= 4 is 29.2 Å². The first-order valence-corrected chi connectivity index (χ1v) is 6.80. The molecule has 0 saturated carbocycles. The Balaban J connectivity index is 2.03. The predicted octanol–water partition coefficient (Wildman–Crippen LogP) is 2.52. The summed E-state index contributed by atoms with van der Waals surface area (Å²) < 4.78 is 0.381. The van der Waals surface area contributed by atoms with E-state index in [1.807, 2.05) is 46.7 Å². The predicted molar refractivity (Wildman–Crippen MR) is 66.4 cm³/mol. The zero-order valence-electron chi connectivity index (χ0n) is 7.93. The van der Waals surface area contributed by atoms with Crippen molar-refractivity contribution in [3.63, 3.8) is 0 Å². The highest BCUT2D eigenvalue weighted by molar-refractivity contribution is 8.17. The summed E-state index contributed by atoms with van der Waals surface area (Å²) in [6.07, 6.45) is 1.30. The number of hydrazine groups is 1. The lowest BCUT2D eigenvalue weighted by Gasteiger charge is -2.30. The van der Waals surface area contributed by atoms with Crippen molar-refractivity contribution in [3.8, 4) is 0 Å². The lowest BCUT2D eigenvalue weighted by molar-refractivity contribution is 0.937. The zero-order valence-corrected chi connectivity index (χ0v) is 9.56. The number of thioether (sulfide) groups is 2. The molecule has 0 aliphatic carbocycles. The van der Waals surface area contributed by atoms with E-state index in [-0.39, 0.29) is 0 Å². The third-order valence-corrected chi connectivity index (χ3v) is 4.98. The smallest absolute Gasteiger partial charge is 0.136 e. The highest BCUT2D eigenvalue weighted by atomic mass is 32.2. The number of hydrogen-bond acceptors (Lipinski definition) is 4. The van der Waals surface area contributed by atoms with Crippen LogP contribution in [0.3, 0.4) is 0 Å². The van der Waals surface area contributed by atoms with Crippen molar-refractivity contribution in [2.45, 2.75) is 11.1 Å². The summed E-state index contributed by atoms with van der Waals surface area (Å²) in [5, 5.41) is 1.87. The standard InChI is InChI=1S/C10H14N2S2/c11-12(9-5-2-1-3-6-9)10-13-7-4-8-14-10/h1-3,5-6,10H,4,7-8,11H2. The van der Waals surface area contributed by atoms with Gasteiger partial charge in [-0.15, -0.1) is 23.5 Å². The van der Waals surface area contributed by atoms with Gasteiger partial charge in [0.15, 0.2) is 0 Å². The number of nitrogens with two attached hydrogens (primary N) is 1. The SMILES string of the molecule is NN(c1ccccc1)C1SCCCS1. The number of anilines is 1. The Morgan fingerprint density at radius 3 is 2.43 bits per heavy atom. The molecule has 4 heteroatoms. The van der Waals surface area contributed by atoms with Crippen LogP contribution in [0.5, 0.6) is 0 Å². The molecule has 1 saturated heterocycles. The van der Waals surface area contributed by atoms with Crippen molar-refractivity contribution < 1.29 is 0 Å². The molecule has 2 nitrogen and oxygen atoms in total. The molecule has 76 valence electrons. The minimum absolute atomic E-state index is 0.381. The highest BCUT2D eigenvalue weighted by Crippen LogP contribution is 2.33. The fourth-order valence-electron chi connectivity index (χ4n) is 1.36. The number of nitrogens with zero attached hydrogens (tertiary/aromatic N) is 1. The van der Waals surface area contributed by atoms with Crippen LogP contribution in [0, 0.1) is 0 Å². The van der Waals surface area contributed by atoms with Gasteiger partial charge in [0.2, 0.25) is 0 Å². The Bertz CT molecular complexity index is 273. The molecule has 0 radical (unpaired) electrons. The minimum atomic E-state index is 0.381. The molecule has 0 bridgehead atoms. The van der Waals surface area contributed by atoms with Crippen LogP contribution in [0.2, 0.25) is 0 Å². The van der Waals surface area contributed by atoms with E-state index < -0.39 is 0 Å². The molecule has 0 aromatic heterocycles. The van der Waals surface area contributed by atoms with Crippen molar-refractivity contribution in [1.82, 2.24) is 0 Å². The summed E-state index contributed by atoms with van der Waals surface area (Å²) in [7, 11) is 0. The fourth-order valence-corrected chi connectivity index (χ4v) is 4.09. The Kier molecular flexibility index (Phi) is 3.61. The van der Waals surface area contributed by atoms with Crippen LogP contribution in [0.15, 0.2) is 30.3 Å². The number of benzene rings is 1.